The third-order valence-corrected chi connectivity index (χ3v) is 4.72. The van der Waals surface area contributed by atoms with Crippen LogP contribution in [0.5, 0.6) is 0 Å². The van der Waals surface area contributed by atoms with E-state index in [9.17, 15) is 4.79 Å². The van der Waals surface area contributed by atoms with E-state index in [1.807, 2.05) is 11.0 Å². The van der Waals surface area contributed by atoms with Gasteiger partial charge in [-0.25, -0.2) is 9.97 Å². The number of hydrogen-bond acceptors (Lipinski definition) is 5. The molecule has 0 aromatic carbocycles. The number of nitrogens with zero attached hydrogens (tertiary/aromatic N) is 4. The molecule has 6 heteroatoms. The minimum Gasteiger partial charge on any atom is -0.375 e. The zero-order valence-corrected chi connectivity index (χ0v) is 12.5. The van der Waals surface area contributed by atoms with Crippen molar-refractivity contribution in [1.82, 2.24) is 14.9 Å². The topological polar surface area (TPSA) is 58.6 Å². The Labute approximate surface area is 125 Å². The average molecular weight is 290 g/mol. The lowest BCUT2D eigenvalue weighted by Crippen LogP contribution is -2.43. The molecule has 0 N–H and O–H groups in total. The van der Waals surface area contributed by atoms with Crippen molar-refractivity contribution in [2.75, 3.05) is 44.8 Å². The zero-order valence-electron chi connectivity index (χ0n) is 12.5. The Kier molecular flexibility index (Phi) is 4.05. The molecule has 0 unspecified atom stereocenters. The first-order valence-electron chi connectivity index (χ1n) is 7.51. The van der Waals surface area contributed by atoms with E-state index in [-0.39, 0.29) is 17.9 Å². The standard InChI is InChI=1S/C15H22N4O2/c1-21-11-13(20)19-10-5-15(12-19)3-8-18(9-4-15)14-16-6-2-7-17-14/h2,6-7H,3-5,8-12H2,1H3. The van der Waals surface area contributed by atoms with Crippen LogP contribution in [0.1, 0.15) is 19.3 Å². The van der Waals surface area contributed by atoms with Crippen molar-refractivity contribution in [3.05, 3.63) is 18.5 Å². The van der Waals surface area contributed by atoms with Crippen LogP contribution < -0.4 is 4.90 Å². The third-order valence-electron chi connectivity index (χ3n) is 4.72. The van der Waals surface area contributed by atoms with Crippen molar-refractivity contribution in [3.8, 4) is 0 Å². The Hall–Kier alpha value is -1.69. The van der Waals surface area contributed by atoms with Gasteiger partial charge >= 0.3 is 0 Å². The summed E-state index contributed by atoms with van der Waals surface area (Å²) >= 11 is 0. The van der Waals surface area contributed by atoms with Crippen molar-refractivity contribution in [2.45, 2.75) is 19.3 Å². The fourth-order valence-corrected chi connectivity index (χ4v) is 3.41. The molecule has 0 bridgehead atoms. The first-order valence-corrected chi connectivity index (χ1v) is 7.51. The van der Waals surface area contributed by atoms with Gasteiger partial charge in [0.2, 0.25) is 11.9 Å². The SMILES string of the molecule is COCC(=O)N1CCC2(CCN(c3ncccn3)CC2)C1. The summed E-state index contributed by atoms with van der Waals surface area (Å²) in [6.45, 7) is 3.87. The van der Waals surface area contributed by atoms with Gasteiger partial charge in [0.15, 0.2) is 0 Å². The lowest BCUT2D eigenvalue weighted by Gasteiger charge is -2.39. The molecule has 2 fully saturated rings. The molecule has 0 atom stereocenters. The van der Waals surface area contributed by atoms with Crippen LogP contribution in [0.15, 0.2) is 18.5 Å². The maximum Gasteiger partial charge on any atom is 0.248 e. The highest BCUT2D eigenvalue weighted by molar-refractivity contribution is 5.77. The van der Waals surface area contributed by atoms with E-state index in [0.717, 1.165) is 51.4 Å². The van der Waals surface area contributed by atoms with Crippen LogP contribution in [-0.2, 0) is 9.53 Å². The number of rotatable bonds is 3. The molecule has 2 saturated heterocycles. The fourth-order valence-electron chi connectivity index (χ4n) is 3.41. The molecule has 3 rings (SSSR count). The average Bonchev–Trinajstić information content (AvgIpc) is 2.93. The summed E-state index contributed by atoms with van der Waals surface area (Å²) in [5.41, 5.74) is 0.286. The van der Waals surface area contributed by atoms with Crippen LogP contribution in [0.3, 0.4) is 0 Å². The van der Waals surface area contributed by atoms with Gasteiger partial charge in [0.05, 0.1) is 0 Å². The number of likely N-dealkylation sites (tertiary alicyclic amines) is 1. The minimum atomic E-state index is 0.114. The molecular weight excluding hydrogens is 268 g/mol. The van der Waals surface area contributed by atoms with Crippen molar-refractivity contribution in [2.24, 2.45) is 5.41 Å². The van der Waals surface area contributed by atoms with E-state index in [4.69, 9.17) is 4.74 Å². The van der Waals surface area contributed by atoms with Gasteiger partial charge in [0.25, 0.3) is 0 Å². The van der Waals surface area contributed by atoms with E-state index in [1.165, 1.54) is 0 Å². The second-order valence-electron chi connectivity index (χ2n) is 6.03. The quantitative estimate of drug-likeness (QED) is 0.829. The van der Waals surface area contributed by atoms with Crippen LogP contribution in [0, 0.1) is 5.41 Å². The van der Waals surface area contributed by atoms with Crippen LogP contribution in [0.2, 0.25) is 0 Å². The predicted molar refractivity (Wildman–Crippen MR) is 79.0 cm³/mol. The Bertz CT molecular complexity index is 486. The van der Waals surface area contributed by atoms with Crippen molar-refractivity contribution in [3.63, 3.8) is 0 Å². The zero-order chi connectivity index (χ0) is 14.7. The molecule has 0 radical (unpaired) electrons. The highest BCUT2D eigenvalue weighted by Gasteiger charge is 2.42. The van der Waals surface area contributed by atoms with Gasteiger partial charge in [0, 0.05) is 45.7 Å². The van der Waals surface area contributed by atoms with E-state index in [0.29, 0.717) is 0 Å². The maximum absolute atomic E-state index is 11.9. The largest absolute Gasteiger partial charge is 0.375 e. The van der Waals surface area contributed by atoms with Gasteiger partial charge in [-0.15, -0.1) is 0 Å². The van der Waals surface area contributed by atoms with Gasteiger partial charge < -0.3 is 14.5 Å². The molecular formula is C15H22N4O2. The number of ether oxygens (including phenoxy) is 1. The molecule has 3 heterocycles. The highest BCUT2D eigenvalue weighted by atomic mass is 16.5. The number of hydrogen-bond donors (Lipinski definition) is 0. The summed E-state index contributed by atoms with van der Waals surface area (Å²) in [4.78, 5) is 24.8. The normalized spacial score (nSPS) is 21.0. The molecule has 1 aromatic heterocycles. The second-order valence-corrected chi connectivity index (χ2v) is 6.03. The van der Waals surface area contributed by atoms with E-state index >= 15 is 0 Å². The molecule has 0 aliphatic carbocycles. The van der Waals surface area contributed by atoms with Gasteiger partial charge in [-0.05, 0) is 30.7 Å². The Balaban J connectivity index is 1.57. The summed E-state index contributed by atoms with van der Waals surface area (Å²) in [6, 6.07) is 1.84. The Morgan fingerprint density at radius 2 is 1.90 bits per heavy atom. The first-order chi connectivity index (χ1) is 10.2. The van der Waals surface area contributed by atoms with Gasteiger partial charge in [0.1, 0.15) is 6.61 Å². The molecule has 1 spiro atoms. The van der Waals surface area contributed by atoms with Crippen LogP contribution >= 0.6 is 0 Å². The maximum atomic E-state index is 11.9. The molecule has 2 aliphatic heterocycles. The van der Waals surface area contributed by atoms with E-state index in [1.54, 1.807) is 19.5 Å². The van der Waals surface area contributed by atoms with Gasteiger partial charge in [-0.1, -0.05) is 0 Å². The molecule has 1 amide bonds. The smallest absolute Gasteiger partial charge is 0.248 e. The molecule has 114 valence electrons. The lowest BCUT2D eigenvalue weighted by atomic mass is 9.78. The van der Waals surface area contributed by atoms with Gasteiger partial charge in [-0.3, -0.25) is 4.79 Å². The van der Waals surface area contributed by atoms with E-state index in [2.05, 4.69) is 14.9 Å². The Morgan fingerprint density at radius 1 is 1.24 bits per heavy atom. The number of carbonyl (C=O) groups excluding carboxylic acids is 1. The van der Waals surface area contributed by atoms with Gasteiger partial charge in [-0.2, -0.15) is 0 Å². The molecule has 0 saturated carbocycles. The highest BCUT2D eigenvalue weighted by Crippen LogP contribution is 2.40. The third kappa shape index (κ3) is 3.00. The number of piperidine rings is 1. The monoisotopic (exact) mass is 290 g/mol. The lowest BCUT2D eigenvalue weighted by molar-refractivity contribution is -0.134. The summed E-state index contributed by atoms with van der Waals surface area (Å²) in [5.74, 6) is 0.931. The molecule has 2 aliphatic rings. The Morgan fingerprint density at radius 3 is 2.57 bits per heavy atom. The van der Waals surface area contributed by atoms with Crippen molar-refractivity contribution in [1.29, 1.82) is 0 Å². The summed E-state index contributed by atoms with van der Waals surface area (Å²) < 4.78 is 4.95. The summed E-state index contributed by atoms with van der Waals surface area (Å²) in [7, 11) is 1.57. The minimum absolute atomic E-state index is 0.114. The number of methoxy groups -OCH3 is 1. The molecule has 21 heavy (non-hydrogen) atoms. The van der Waals surface area contributed by atoms with Crippen LogP contribution in [0.4, 0.5) is 5.95 Å². The fraction of sp³-hybridized carbons (Fsp3) is 0.667. The predicted octanol–water partition coefficient (Wildman–Crippen LogP) is 0.942. The van der Waals surface area contributed by atoms with Crippen molar-refractivity contribution < 1.29 is 9.53 Å². The number of amides is 1. The summed E-state index contributed by atoms with van der Waals surface area (Å²) in [5, 5.41) is 0. The van der Waals surface area contributed by atoms with Crippen LogP contribution in [-0.4, -0.2) is 60.7 Å². The molecule has 1 aromatic rings. The molecule has 6 nitrogen and oxygen atoms in total. The number of carbonyl (C=O) groups is 1. The van der Waals surface area contributed by atoms with Crippen molar-refractivity contribution >= 4 is 11.9 Å². The summed E-state index contributed by atoms with van der Waals surface area (Å²) in [6.07, 6.45) is 6.87. The second kappa shape index (κ2) is 5.97. The first kappa shape index (κ1) is 14.3. The van der Waals surface area contributed by atoms with Crippen LogP contribution in [0.25, 0.3) is 0 Å². The van der Waals surface area contributed by atoms with E-state index < -0.39 is 0 Å². The number of aromatic nitrogens is 2. The number of anilines is 1.